The lowest BCUT2D eigenvalue weighted by atomic mass is 10.3. The van der Waals surface area contributed by atoms with Gasteiger partial charge >= 0.3 is 0 Å². The van der Waals surface area contributed by atoms with Gasteiger partial charge < -0.3 is 4.74 Å². The first-order valence-corrected chi connectivity index (χ1v) is 4.06. The van der Waals surface area contributed by atoms with Crippen LogP contribution in [0.5, 0.6) is 0 Å². The van der Waals surface area contributed by atoms with E-state index in [0.717, 1.165) is 0 Å². The van der Waals surface area contributed by atoms with Crippen LogP contribution < -0.4 is 0 Å². The summed E-state index contributed by atoms with van der Waals surface area (Å²) in [7, 11) is 1.75. The average molecular weight is 134 g/mol. The topological polar surface area (TPSA) is 9.23 Å². The van der Waals surface area contributed by atoms with Crippen molar-refractivity contribution in [3.63, 3.8) is 0 Å². The lowest BCUT2D eigenvalue weighted by Crippen LogP contribution is -2.17. The van der Waals surface area contributed by atoms with Gasteiger partial charge in [-0.25, -0.2) is 0 Å². The Balaban J connectivity index is 3.29. The number of hydrogen-bond donors (Lipinski definition) is 0. The van der Waals surface area contributed by atoms with Gasteiger partial charge in [-0.2, -0.15) is 11.8 Å². The van der Waals surface area contributed by atoms with Gasteiger partial charge in [-0.15, -0.1) is 0 Å². The molecular weight excluding hydrogens is 120 g/mol. The standard InChI is InChI=1S/C6H14OS/c1-5(7-3)6(2)8-4/h5-6H,1-4H3. The van der Waals surface area contributed by atoms with E-state index in [4.69, 9.17) is 4.74 Å². The summed E-state index contributed by atoms with van der Waals surface area (Å²) in [5, 5.41) is 0.611. The fourth-order valence-electron chi connectivity index (χ4n) is 0.383. The fourth-order valence-corrected chi connectivity index (χ4v) is 0.878. The van der Waals surface area contributed by atoms with Crippen molar-refractivity contribution in [2.24, 2.45) is 0 Å². The van der Waals surface area contributed by atoms with Crippen LogP contribution in [0.25, 0.3) is 0 Å². The van der Waals surface area contributed by atoms with Crippen LogP contribution in [0.4, 0.5) is 0 Å². The van der Waals surface area contributed by atoms with Crippen LogP contribution in [-0.2, 0) is 4.74 Å². The van der Waals surface area contributed by atoms with Gasteiger partial charge in [0.2, 0.25) is 0 Å². The largest absolute Gasteiger partial charge is 0.381 e. The summed E-state index contributed by atoms with van der Waals surface area (Å²) >= 11 is 1.83. The first kappa shape index (κ1) is 8.31. The van der Waals surface area contributed by atoms with Crippen molar-refractivity contribution in [1.82, 2.24) is 0 Å². The van der Waals surface area contributed by atoms with Crippen LogP contribution >= 0.6 is 11.8 Å². The quantitative estimate of drug-likeness (QED) is 0.582. The Labute approximate surface area is 55.8 Å². The Morgan fingerprint density at radius 3 is 2.00 bits per heavy atom. The van der Waals surface area contributed by atoms with Crippen molar-refractivity contribution in [1.29, 1.82) is 0 Å². The van der Waals surface area contributed by atoms with Crippen LogP contribution in [0.2, 0.25) is 0 Å². The van der Waals surface area contributed by atoms with Crippen LogP contribution in [0.1, 0.15) is 13.8 Å². The summed E-state index contributed by atoms with van der Waals surface area (Å²) in [6.45, 7) is 4.25. The molecule has 2 atom stereocenters. The molecule has 0 aromatic heterocycles. The molecule has 0 saturated carbocycles. The van der Waals surface area contributed by atoms with E-state index < -0.39 is 0 Å². The number of rotatable bonds is 3. The van der Waals surface area contributed by atoms with Crippen LogP contribution in [0.3, 0.4) is 0 Å². The molecule has 2 heteroatoms. The highest BCUT2D eigenvalue weighted by Crippen LogP contribution is 2.11. The molecule has 0 amide bonds. The summed E-state index contributed by atoms with van der Waals surface area (Å²) in [6.07, 6.45) is 2.48. The van der Waals surface area contributed by atoms with Gasteiger partial charge in [-0.1, -0.05) is 6.92 Å². The summed E-state index contributed by atoms with van der Waals surface area (Å²) < 4.78 is 5.08. The average Bonchev–Trinajstić information content (AvgIpc) is 1.84. The van der Waals surface area contributed by atoms with Crippen LogP contribution in [0.15, 0.2) is 0 Å². The molecule has 0 heterocycles. The van der Waals surface area contributed by atoms with E-state index in [0.29, 0.717) is 11.4 Å². The molecule has 0 saturated heterocycles. The zero-order valence-corrected chi connectivity index (χ0v) is 6.79. The maximum atomic E-state index is 5.08. The molecule has 0 aromatic carbocycles. The Bertz CT molecular complexity index is 48.5. The van der Waals surface area contributed by atoms with Gasteiger partial charge in [0.1, 0.15) is 0 Å². The maximum Gasteiger partial charge on any atom is 0.0658 e. The summed E-state index contributed by atoms with van der Waals surface area (Å²) in [5.41, 5.74) is 0. The Kier molecular flexibility index (Phi) is 4.38. The maximum absolute atomic E-state index is 5.08. The van der Waals surface area contributed by atoms with Crippen molar-refractivity contribution in [3.05, 3.63) is 0 Å². The molecule has 0 radical (unpaired) electrons. The molecule has 2 unspecified atom stereocenters. The van der Waals surface area contributed by atoms with E-state index in [1.807, 2.05) is 11.8 Å². The minimum atomic E-state index is 0.380. The second-order valence-electron chi connectivity index (χ2n) is 1.88. The molecule has 0 aliphatic carbocycles. The number of hydrogen-bond acceptors (Lipinski definition) is 2. The van der Waals surface area contributed by atoms with E-state index in [-0.39, 0.29) is 0 Å². The highest BCUT2D eigenvalue weighted by atomic mass is 32.2. The number of thioether (sulfide) groups is 1. The van der Waals surface area contributed by atoms with Gasteiger partial charge in [0.25, 0.3) is 0 Å². The molecule has 0 rings (SSSR count). The number of methoxy groups -OCH3 is 1. The second-order valence-corrected chi connectivity index (χ2v) is 3.10. The third kappa shape index (κ3) is 2.58. The van der Waals surface area contributed by atoms with E-state index in [9.17, 15) is 0 Å². The molecule has 8 heavy (non-hydrogen) atoms. The fraction of sp³-hybridized carbons (Fsp3) is 1.00. The van der Waals surface area contributed by atoms with Crippen molar-refractivity contribution in [2.75, 3.05) is 13.4 Å². The molecule has 0 aliphatic rings. The van der Waals surface area contributed by atoms with Crippen molar-refractivity contribution in [3.8, 4) is 0 Å². The number of ether oxygens (including phenoxy) is 1. The lowest BCUT2D eigenvalue weighted by Gasteiger charge is -2.14. The predicted octanol–water partition coefficient (Wildman–Crippen LogP) is 1.77. The zero-order valence-electron chi connectivity index (χ0n) is 5.97. The van der Waals surface area contributed by atoms with E-state index in [1.165, 1.54) is 0 Å². The van der Waals surface area contributed by atoms with Gasteiger partial charge in [0.15, 0.2) is 0 Å². The zero-order chi connectivity index (χ0) is 6.57. The highest BCUT2D eigenvalue weighted by molar-refractivity contribution is 7.99. The molecule has 0 aliphatic heterocycles. The first-order valence-electron chi connectivity index (χ1n) is 2.78. The van der Waals surface area contributed by atoms with Crippen molar-refractivity contribution in [2.45, 2.75) is 25.2 Å². The van der Waals surface area contributed by atoms with Crippen LogP contribution in [-0.4, -0.2) is 24.7 Å². The molecule has 0 spiro atoms. The third-order valence-electron chi connectivity index (χ3n) is 1.40. The van der Waals surface area contributed by atoms with Crippen molar-refractivity contribution < 1.29 is 4.74 Å². The third-order valence-corrected chi connectivity index (χ3v) is 2.53. The van der Waals surface area contributed by atoms with Gasteiger partial charge in [-0.05, 0) is 13.2 Å². The molecule has 0 fully saturated rings. The molecule has 0 aromatic rings. The second kappa shape index (κ2) is 4.21. The minimum Gasteiger partial charge on any atom is -0.381 e. The summed E-state index contributed by atoms with van der Waals surface area (Å²) in [5.74, 6) is 0. The summed E-state index contributed by atoms with van der Waals surface area (Å²) in [4.78, 5) is 0. The van der Waals surface area contributed by atoms with Crippen molar-refractivity contribution >= 4 is 11.8 Å². The smallest absolute Gasteiger partial charge is 0.0658 e. The minimum absolute atomic E-state index is 0.380. The van der Waals surface area contributed by atoms with Crippen LogP contribution in [0, 0.1) is 0 Å². The monoisotopic (exact) mass is 134 g/mol. The molecule has 0 bridgehead atoms. The Hall–Kier alpha value is 0.310. The first-order chi connectivity index (χ1) is 3.72. The molecule has 50 valence electrons. The SMILES string of the molecule is COC(C)C(C)SC. The van der Waals surface area contributed by atoms with Gasteiger partial charge in [0.05, 0.1) is 6.10 Å². The summed E-state index contributed by atoms with van der Waals surface area (Å²) in [6, 6.07) is 0. The Morgan fingerprint density at radius 2 is 1.88 bits per heavy atom. The van der Waals surface area contributed by atoms with Gasteiger partial charge in [0, 0.05) is 12.4 Å². The normalized spacial score (nSPS) is 18.0. The molecule has 0 N–H and O–H groups in total. The lowest BCUT2D eigenvalue weighted by molar-refractivity contribution is 0.120. The predicted molar refractivity (Wildman–Crippen MR) is 39.4 cm³/mol. The van der Waals surface area contributed by atoms with E-state index in [1.54, 1.807) is 7.11 Å². The highest BCUT2D eigenvalue weighted by Gasteiger charge is 2.07. The van der Waals surface area contributed by atoms with E-state index in [2.05, 4.69) is 20.1 Å². The molecular formula is C6H14OS. The van der Waals surface area contributed by atoms with E-state index >= 15 is 0 Å². The molecule has 1 nitrogen and oxygen atoms in total. The van der Waals surface area contributed by atoms with Gasteiger partial charge in [-0.3, -0.25) is 0 Å². The Morgan fingerprint density at radius 1 is 1.38 bits per heavy atom.